The molecule has 0 N–H and O–H groups in total. The van der Waals surface area contributed by atoms with E-state index in [2.05, 4.69) is 23.0 Å². The van der Waals surface area contributed by atoms with Crippen LogP contribution in [0.3, 0.4) is 0 Å². The quantitative estimate of drug-likeness (QED) is 0.858. The summed E-state index contributed by atoms with van der Waals surface area (Å²) >= 11 is 6.17. The third-order valence-corrected chi connectivity index (χ3v) is 4.33. The molecule has 3 rings (SSSR count). The van der Waals surface area contributed by atoms with Crippen LogP contribution >= 0.6 is 11.6 Å². The Balaban J connectivity index is 1.76. The summed E-state index contributed by atoms with van der Waals surface area (Å²) in [5.74, 6) is 0.734. The van der Waals surface area contributed by atoms with Gasteiger partial charge in [0.1, 0.15) is 0 Å². The Labute approximate surface area is 119 Å². The van der Waals surface area contributed by atoms with Gasteiger partial charge in [0.25, 0.3) is 0 Å². The summed E-state index contributed by atoms with van der Waals surface area (Å²) < 4.78 is 2.03. The highest BCUT2D eigenvalue weighted by molar-refractivity contribution is 6.33. The summed E-state index contributed by atoms with van der Waals surface area (Å²) in [5.41, 5.74) is 2.04. The van der Waals surface area contributed by atoms with Gasteiger partial charge in [-0.2, -0.15) is 0 Å². The van der Waals surface area contributed by atoms with Crippen molar-refractivity contribution in [3.63, 3.8) is 0 Å². The van der Waals surface area contributed by atoms with Crippen LogP contribution in [0.25, 0.3) is 5.65 Å². The predicted octanol–water partition coefficient (Wildman–Crippen LogP) is 3.26. The van der Waals surface area contributed by atoms with Crippen LogP contribution < -0.4 is 0 Å². The number of aromatic nitrogens is 2. The van der Waals surface area contributed by atoms with Crippen LogP contribution in [-0.2, 0) is 6.42 Å². The SMILES string of the molecule is CCN1CCCC(Cc2cn3cccc(Cl)c3n2)C1. The molecule has 3 nitrogen and oxygen atoms in total. The molecule has 1 aliphatic rings. The van der Waals surface area contributed by atoms with Crippen LogP contribution in [0.2, 0.25) is 5.02 Å². The lowest BCUT2D eigenvalue weighted by atomic mass is 9.94. The number of rotatable bonds is 3. The number of hydrogen-bond acceptors (Lipinski definition) is 2. The molecule has 102 valence electrons. The van der Waals surface area contributed by atoms with Gasteiger partial charge < -0.3 is 9.30 Å². The zero-order valence-electron chi connectivity index (χ0n) is 11.3. The average Bonchev–Trinajstić information content (AvgIpc) is 2.83. The van der Waals surface area contributed by atoms with Gasteiger partial charge in [0.2, 0.25) is 0 Å². The number of imidazole rings is 1. The summed E-state index contributed by atoms with van der Waals surface area (Å²) in [6.07, 6.45) is 7.82. The lowest BCUT2D eigenvalue weighted by Crippen LogP contribution is -2.35. The van der Waals surface area contributed by atoms with Crippen molar-refractivity contribution < 1.29 is 0 Å². The minimum Gasteiger partial charge on any atom is -0.306 e. The molecular weight excluding hydrogens is 258 g/mol. The Morgan fingerprint density at radius 2 is 2.37 bits per heavy atom. The standard InChI is InChI=1S/C15H20ClN3/c1-2-18-7-3-5-12(10-18)9-13-11-19-8-4-6-14(16)15(19)17-13/h4,6,8,11-12H,2-3,5,7,9-10H2,1H3. The highest BCUT2D eigenvalue weighted by atomic mass is 35.5. The summed E-state index contributed by atoms with van der Waals surface area (Å²) in [7, 11) is 0. The van der Waals surface area contributed by atoms with Crippen molar-refractivity contribution in [2.75, 3.05) is 19.6 Å². The van der Waals surface area contributed by atoms with E-state index < -0.39 is 0 Å². The lowest BCUT2D eigenvalue weighted by molar-refractivity contribution is 0.181. The van der Waals surface area contributed by atoms with Crippen molar-refractivity contribution in [1.29, 1.82) is 0 Å². The number of nitrogens with zero attached hydrogens (tertiary/aromatic N) is 3. The van der Waals surface area contributed by atoms with Gasteiger partial charge in [-0.3, -0.25) is 0 Å². The Hall–Kier alpha value is -1.06. The van der Waals surface area contributed by atoms with E-state index in [4.69, 9.17) is 11.6 Å². The highest BCUT2D eigenvalue weighted by Gasteiger charge is 2.20. The number of piperidine rings is 1. The topological polar surface area (TPSA) is 20.5 Å². The van der Waals surface area contributed by atoms with E-state index >= 15 is 0 Å². The minimum absolute atomic E-state index is 0.729. The molecular formula is C15H20ClN3. The summed E-state index contributed by atoms with van der Waals surface area (Å²) in [6.45, 7) is 5.86. The molecule has 1 atom stereocenters. The molecule has 0 saturated carbocycles. The molecule has 4 heteroatoms. The number of hydrogen-bond donors (Lipinski definition) is 0. The first-order valence-electron chi connectivity index (χ1n) is 7.10. The molecule has 0 aromatic carbocycles. The fraction of sp³-hybridized carbons (Fsp3) is 0.533. The minimum atomic E-state index is 0.729. The van der Waals surface area contributed by atoms with Crippen LogP contribution in [0.1, 0.15) is 25.5 Å². The van der Waals surface area contributed by atoms with Crippen molar-refractivity contribution in [2.24, 2.45) is 5.92 Å². The van der Waals surface area contributed by atoms with Gasteiger partial charge in [-0.1, -0.05) is 18.5 Å². The Bertz CT molecular complexity index is 564. The second-order valence-corrected chi connectivity index (χ2v) is 5.83. The van der Waals surface area contributed by atoms with Crippen molar-refractivity contribution in [3.05, 3.63) is 35.2 Å². The monoisotopic (exact) mass is 277 g/mol. The van der Waals surface area contributed by atoms with Gasteiger partial charge in [-0.05, 0) is 50.4 Å². The first-order valence-corrected chi connectivity index (χ1v) is 7.48. The summed E-state index contributed by atoms with van der Waals surface area (Å²) in [4.78, 5) is 7.21. The molecule has 0 spiro atoms. The van der Waals surface area contributed by atoms with Crippen molar-refractivity contribution in [3.8, 4) is 0 Å². The normalized spacial score (nSPS) is 21.1. The predicted molar refractivity (Wildman–Crippen MR) is 78.7 cm³/mol. The average molecular weight is 278 g/mol. The van der Waals surface area contributed by atoms with Gasteiger partial charge >= 0.3 is 0 Å². The van der Waals surface area contributed by atoms with Crippen LogP contribution in [0.15, 0.2) is 24.5 Å². The number of fused-ring (bicyclic) bond motifs is 1. The number of likely N-dealkylation sites (tertiary alicyclic amines) is 1. The Kier molecular flexibility index (Phi) is 3.76. The van der Waals surface area contributed by atoms with Crippen molar-refractivity contribution >= 4 is 17.2 Å². The lowest BCUT2D eigenvalue weighted by Gasteiger charge is -2.31. The molecule has 1 unspecified atom stereocenters. The van der Waals surface area contributed by atoms with Gasteiger partial charge in [-0.15, -0.1) is 0 Å². The highest BCUT2D eigenvalue weighted by Crippen LogP contribution is 2.22. The number of halogens is 1. The van der Waals surface area contributed by atoms with E-state index in [0.717, 1.165) is 35.2 Å². The Morgan fingerprint density at radius 3 is 3.16 bits per heavy atom. The second kappa shape index (κ2) is 5.51. The molecule has 1 saturated heterocycles. The molecule has 0 bridgehead atoms. The van der Waals surface area contributed by atoms with Crippen LogP contribution in [-0.4, -0.2) is 33.9 Å². The molecule has 2 aromatic heterocycles. The van der Waals surface area contributed by atoms with E-state index in [1.165, 1.54) is 25.9 Å². The maximum Gasteiger partial charge on any atom is 0.155 e. The van der Waals surface area contributed by atoms with E-state index in [1.807, 2.05) is 22.7 Å². The van der Waals surface area contributed by atoms with E-state index in [1.54, 1.807) is 0 Å². The third kappa shape index (κ3) is 2.77. The van der Waals surface area contributed by atoms with Gasteiger partial charge in [0.05, 0.1) is 10.7 Å². The zero-order chi connectivity index (χ0) is 13.2. The van der Waals surface area contributed by atoms with Crippen molar-refractivity contribution in [2.45, 2.75) is 26.2 Å². The molecule has 1 fully saturated rings. The summed E-state index contributed by atoms with van der Waals surface area (Å²) in [6, 6.07) is 3.85. The second-order valence-electron chi connectivity index (χ2n) is 5.42. The third-order valence-electron chi connectivity index (χ3n) is 4.03. The molecule has 3 heterocycles. The van der Waals surface area contributed by atoms with Gasteiger partial charge in [0.15, 0.2) is 5.65 Å². The van der Waals surface area contributed by atoms with Gasteiger partial charge in [0, 0.05) is 18.9 Å². The largest absolute Gasteiger partial charge is 0.306 e. The maximum absolute atomic E-state index is 6.17. The van der Waals surface area contributed by atoms with Crippen LogP contribution in [0.5, 0.6) is 0 Å². The summed E-state index contributed by atoms with van der Waals surface area (Å²) in [5, 5.41) is 0.729. The Morgan fingerprint density at radius 1 is 1.47 bits per heavy atom. The number of pyridine rings is 1. The molecule has 0 amide bonds. The molecule has 0 aliphatic carbocycles. The zero-order valence-corrected chi connectivity index (χ0v) is 12.1. The maximum atomic E-state index is 6.17. The molecule has 2 aromatic rings. The van der Waals surface area contributed by atoms with Gasteiger partial charge in [-0.25, -0.2) is 4.98 Å². The fourth-order valence-corrected chi connectivity index (χ4v) is 3.24. The molecule has 1 aliphatic heterocycles. The van der Waals surface area contributed by atoms with Crippen LogP contribution in [0, 0.1) is 5.92 Å². The molecule has 19 heavy (non-hydrogen) atoms. The van der Waals surface area contributed by atoms with Crippen molar-refractivity contribution in [1.82, 2.24) is 14.3 Å². The molecule has 0 radical (unpaired) electrons. The first kappa shape index (κ1) is 12.9. The first-order chi connectivity index (χ1) is 9.26. The fourth-order valence-electron chi connectivity index (χ4n) is 3.03. The van der Waals surface area contributed by atoms with E-state index in [0.29, 0.717) is 0 Å². The van der Waals surface area contributed by atoms with E-state index in [9.17, 15) is 0 Å². The van der Waals surface area contributed by atoms with Crippen LogP contribution in [0.4, 0.5) is 0 Å². The van der Waals surface area contributed by atoms with E-state index in [-0.39, 0.29) is 0 Å². The smallest absolute Gasteiger partial charge is 0.155 e.